The topological polar surface area (TPSA) is 95.2 Å². The van der Waals surface area contributed by atoms with Gasteiger partial charge in [-0.3, -0.25) is 0 Å². The Balaban J connectivity index is 1.44. The molecule has 0 saturated heterocycles. The van der Waals surface area contributed by atoms with E-state index < -0.39 is 0 Å². The van der Waals surface area contributed by atoms with E-state index in [4.69, 9.17) is 21.1 Å². The molecule has 0 heterocycles. The van der Waals surface area contributed by atoms with E-state index in [-0.39, 0.29) is 5.41 Å². The molecule has 0 bridgehead atoms. The Bertz CT molecular complexity index is 1220. The number of benzene rings is 4. The zero-order valence-electron chi connectivity index (χ0n) is 18.6. The van der Waals surface area contributed by atoms with Crippen LogP contribution in [0.5, 0.6) is 23.0 Å². The predicted octanol–water partition coefficient (Wildman–Crippen LogP) is 7.14. The highest BCUT2D eigenvalue weighted by atomic mass is 16.5. The number of hydrogen-bond acceptors (Lipinski definition) is 5. The summed E-state index contributed by atoms with van der Waals surface area (Å²) in [6.45, 7) is 4.40. The Morgan fingerprint density at radius 1 is 0.576 bits per heavy atom. The van der Waals surface area contributed by atoms with Crippen LogP contribution in [0.3, 0.4) is 0 Å². The van der Waals surface area contributed by atoms with Crippen LogP contribution in [0.2, 0.25) is 0 Å². The Kier molecular flexibility index (Phi) is 6.26. The Morgan fingerprint density at radius 3 is 1.33 bits per heavy atom. The summed E-state index contributed by atoms with van der Waals surface area (Å²) < 4.78 is 11.8. The molecule has 0 amide bonds. The summed E-state index contributed by atoms with van der Waals surface area (Å²) >= 11 is 0. The van der Waals surface area contributed by atoms with Crippen molar-refractivity contribution in [3.63, 3.8) is 0 Å². The van der Waals surface area contributed by atoms with Crippen LogP contribution in [0, 0.1) is 0 Å². The lowest BCUT2D eigenvalue weighted by atomic mass is 9.78. The van der Waals surface area contributed by atoms with Gasteiger partial charge in [-0.25, -0.2) is 0 Å². The third-order valence-corrected chi connectivity index (χ3v) is 5.51. The van der Waals surface area contributed by atoms with Crippen LogP contribution in [-0.4, -0.2) is 0 Å². The van der Waals surface area contributed by atoms with Gasteiger partial charge in [-0.2, -0.15) is 0 Å². The molecule has 4 aromatic rings. The average Bonchev–Trinajstić information content (AvgIpc) is 2.83. The SMILES string of the molecule is CC(C)(c1ccc(Oc2ccc(N)cc2)cc1)c1ccc(Oc2ccc(N=NN)cc2)cc1. The molecule has 4 N–H and O–H groups in total. The summed E-state index contributed by atoms with van der Waals surface area (Å²) in [5.74, 6) is 8.08. The highest BCUT2D eigenvalue weighted by Gasteiger charge is 2.23. The van der Waals surface area contributed by atoms with Crippen LogP contribution < -0.4 is 21.1 Å². The van der Waals surface area contributed by atoms with Crippen LogP contribution in [0.15, 0.2) is 107 Å². The molecular weight excluding hydrogens is 412 g/mol. The summed E-state index contributed by atoms with van der Waals surface area (Å²) in [5.41, 5.74) is 9.30. The zero-order valence-corrected chi connectivity index (χ0v) is 18.6. The number of anilines is 1. The monoisotopic (exact) mass is 438 g/mol. The van der Waals surface area contributed by atoms with Crippen molar-refractivity contribution in [1.29, 1.82) is 0 Å². The number of nitrogen functional groups attached to an aromatic ring is 1. The number of nitrogens with zero attached hydrogens (tertiary/aromatic N) is 2. The maximum absolute atomic E-state index is 5.94. The van der Waals surface area contributed by atoms with Crippen molar-refractivity contribution in [3.8, 4) is 23.0 Å². The van der Waals surface area contributed by atoms with Crippen LogP contribution in [0.4, 0.5) is 11.4 Å². The molecule has 6 nitrogen and oxygen atoms in total. The largest absolute Gasteiger partial charge is 0.457 e. The van der Waals surface area contributed by atoms with Crippen molar-refractivity contribution in [1.82, 2.24) is 0 Å². The van der Waals surface area contributed by atoms with E-state index in [1.54, 1.807) is 12.1 Å². The van der Waals surface area contributed by atoms with Gasteiger partial charge in [-0.1, -0.05) is 43.3 Å². The highest BCUT2D eigenvalue weighted by Crippen LogP contribution is 2.35. The molecule has 0 aromatic heterocycles. The minimum atomic E-state index is -0.187. The first kappa shape index (κ1) is 21.9. The summed E-state index contributed by atoms with van der Waals surface area (Å²) in [6.07, 6.45) is 0. The molecule has 0 fully saturated rings. The molecular formula is C27H26N4O2. The van der Waals surface area contributed by atoms with Gasteiger partial charge < -0.3 is 21.1 Å². The second kappa shape index (κ2) is 9.44. The van der Waals surface area contributed by atoms with Crippen molar-refractivity contribution in [2.75, 3.05) is 5.73 Å². The molecule has 4 aromatic carbocycles. The van der Waals surface area contributed by atoms with Crippen molar-refractivity contribution in [2.45, 2.75) is 19.3 Å². The Morgan fingerprint density at radius 2 is 0.939 bits per heavy atom. The number of ether oxygens (including phenoxy) is 2. The van der Waals surface area contributed by atoms with Gasteiger partial charge >= 0.3 is 0 Å². The lowest BCUT2D eigenvalue weighted by Crippen LogP contribution is -2.18. The van der Waals surface area contributed by atoms with Gasteiger partial charge in [0.05, 0.1) is 5.69 Å². The normalized spacial score (nSPS) is 11.5. The first-order valence-corrected chi connectivity index (χ1v) is 10.6. The number of hydrogen-bond donors (Lipinski definition) is 2. The van der Waals surface area contributed by atoms with E-state index in [2.05, 4.69) is 48.5 Å². The standard InChI is InChI=1S/C27H26N4O2/c1-27(2,19-3-11-23(12-4-19)32-25-15-7-21(28)8-16-25)20-5-13-24(14-6-20)33-26-17-9-22(10-18-26)30-31-29/h3-18H,28H2,1-2H3,(H2,29,30). The molecule has 4 rings (SSSR count). The fraction of sp³-hybridized carbons (Fsp3) is 0.111. The van der Waals surface area contributed by atoms with Crippen LogP contribution in [0.25, 0.3) is 0 Å². The minimum Gasteiger partial charge on any atom is -0.457 e. The maximum Gasteiger partial charge on any atom is 0.127 e. The van der Waals surface area contributed by atoms with Crippen LogP contribution in [0.1, 0.15) is 25.0 Å². The van der Waals surface area contributed by atoms with Crippen LogP contribution >= 0.6 is 0 Å². The molecule has 6 heteroatoms. The maximum atomic E-state index is 5.94. The molecule has 0 aliphatic rings. The van der Waals surface area contributed by atoms with Crippen LogP contribution in [-0.2, 0) is 5.41 Å². The molecule has 0 radical (unpaired) electrons. The minimum absolute atomic E-state index is 0.187. The molecule has 0 atom stereocenters. The molecule has 0 unspecified atom stereocenters. The van der Waals surface area contributed by atoms with Crippen molar-refractivity contribution in [2.24, 2.45) is 16.2 Å². The summed E-state index contributed by atoms with van der Waals surface area (Å²) in [5, 5.41) is 7.06. The molecule has 0 spiro atoms. The molecule has 0 aliphatic carbocycles. The van der Waals surface area contributed by atoms with Gasteiger partial charge in [0.15, 0.2) is 0 Å². The highest BCUT2D eigenvalue weighted by molar-refractivity contribution is 5.46. The fourth-order valence-electron chi connectivity index (χ4n) is 3.50. The second-order valence-electron chi connectivity index (χ2n) is 8.16. The van der Waals surface area contributed by atoms with Gasteiger partial charge in [-0.05, 0) is 83.9 Å². The van der Waals surface area contributed by atoms with Crippen molar-refractivity contribution in [3.05, 3.63) is 108 Å². The summed E-state index contributed by atoms with van der Waals surface area (Å²) in [7, 11) is 0. The van der Waals surface area contributed by atoms with Crippen molar-refractivity contribution >= 4 is 11.4 Å². The Labute approximate surface area is 193 Å². The van der Waals surface area contributed by atoms with Gasteiger partial charge in [0, 0.05) is 11.1 Å². The first-order chi connectivity index (χ1) is 15.9. The quantitative estimate of drug-likeness (QED) is 0.139. The van der Waals surface area contributed by atoms with Gasteiger partial charge in [0.2, 0.25) is 0 Å². The van der Waals surface area contributed by atoms with E-state index >= 15 is 0 Å². The summed E-state index contributed by atoms with van der Waals surface area (Å²) in [4.78, 5) is 0. The molecule has 166 valence electrons. The fourth-order valence-corrected chi connectivity index (χ4v) is 3.50. The summed E-state index contributed by atoms with van der Waals surface area (Å²) in [6, 6.07) is 30.9. The average molecular weight is 439 g/mol. The van der Waals surface area contributed by atoms with Gasteiger partial charge in [0.1, 0.15) is 23.0 Å². The first-order valence-electron chi connectivity index (χ1n) is 10.6. The van der Waals surface area contributed by atoms with E-state index in [1.165, 1.54) is 11.1 Å². The Hall–Kier alpha value is -4.32. The lowest BCUT2D eigenvalue weighted by molar-refractivity contribution is 0.481. The predicted molar refractivity (Wildman–Crippen MR) is 131 cm³/mol. The van der Waals surface area contributed by atoms with Gasteiger partial charge in [0.25, 0.3) is 0 Å². The third kappa shape index (κ3) is 5.30. The molecule has 0 aliphatic heterocycles. The lowest BCUT2D eigenvalue weighted by Gasteiger charge is -2.26. The van der Waals surface area contributed by atoms with E-state index in [9.17, 15) is 0 Å². The van der Waals surface area contributed by atoms with E-state index in [0.29, 0.717) is 11.4 Å². The molecule has 0 saturated carbocycles. The third-order valence-electron chi connectivity index (χ3n) is 5.51. The van der Waals surface area contributed by atoms with E-state index in [1.807, 2.05) is 60.7 Å². The number of nitrogens with two attached hydrogens (primary N) is 2. The van der Waals surface area contributed by atoms with E-state index in [0.717, 1.165) is 23.0 Å². The zero-order chi connectivity index (χ0) is 23.3. The van der Waals surface area contributed by atoms with Crippen molar-refractivity contribution < 1.29 is 9.47 Å². The van der Waals surface area contributed by atoms with Gasteiger partial charge in [-0.15, -0.1) is 5.11 Å². The number of rotatable bonds is 7. The molecule has 33 heavy (non-hydrogen) atoms. The smallest absolute Gasteiger partial charge is 0.127 e. The second-order valence-corrected chi connectivity index (χ2v) is 8.16.